The first-order chi connectivity index (χ1) is 16.8. The Balaban J connectivity index is 2.14. The lowest BCUT2D eigenvalue weighted by Crippen LogP contribution is -2.54. The second kappa shape index (κ2) is 12.8. The molecule has 2 amide bonds. The van der Waals surface area contributed by atoms with E-state index in [1.54, 1.807) is 13.8 Å². The number of anilines is 1. The number of hydrogen-bond acceptors (Lipinski definition) is 8. The van der Waals surface area contributed by atoms with Gasteiger partial charge in [-0.25, -0.2) is 13.1 Å². The molecule has 200 valence electrons. The number of carbonyl (C=O) groups excluding carboxylic acids is 2. The predicted molar refractivity (Wildman–Crippen MR) is 134 cm³/mol. The van der Waals surface area contributed by atoms with Gasteiger partial charge in [-0.3, -0.25) is 9.59 Å². The summed E-state index contributed by atoms with van der Waals surface area (Å²) in [6.45, 7) is 7.58. The second-order valence-electron chi connectivity index (χ2n) is 9.58. The fourth-order valence-electron chi connectivity index (χ4n) is 3.82. The maximum atomic E-state index is 13.0. The number of rotatable bonds is 13. The number of aliphatic hydroxyl groups excluding tert-OH is 2. The normalized spacial score (nSPS) is 15.2. The third-order valence-electron chi connectivity index (χ3n) is 5.51. The van der Waals surface area contributed by atoms with E-state index in [2.05, 4.69) is 15.6 Å². The Morgan fingerprint density at radius 1 is 1.06 bits per heavy atom. The van der Waals surface area contributed by atoms with Crippen LogP contribution in [0.1, 0.15) is 50.2 Å². The zero-order valence-corrected chi connectivity index (χ0v) is 22.0. The molecule has 0 saturated carbocycles. The van der Waals surface area contributed by atoms with Crippen LogP contribution in [0, 0.1) is 17.8 Å². The van der Waals surface area contributed by atoms with E-state index in [0.29, 0.717) is 6.42 Å². The Morgan fingerprint density at radius 2 is 1.69 bits per heavy atom. The van der Waals surface area contributed by atoms with E-state index in [9.17, 15) is 28.2 Å². The summed E-state index contributed by atoms with van der Waals surface area (Å²) in [5.41, 5.74) is 0.684. The van der Waals surface area contributed by atoms with Crippen molar-refractivity contribution in [2.75, 3.05) is 11.0 Å². The van der Waals surface area contributed by atoms with Crippen molar-refractivity contribution in [3.63, 3.8) is 0 Å². The molecule has 4 atom stereocenters. The quantitative estimate of drug-likeness (QED) is 0.262. The van der Waals surface area contributed by atoms with Crippen LogP contribution in [0.25, 0.3) is 0 Å². The monoisotopic (exact) mass is 524 g/mol. The van der Waals surface area contributed by atoms with Gasteiger partial charge in [0.25, 0.3) is 5.91 Å². The van der Waals surface area contributed by atoms with Crippen molar-refractivity contribution < 1.29 is 32.6 Å². The number of hydrogen-bond donors (Lipinski definition) is 5. The van der Waals surface area contributed by atoms with E-state index in [1.165, 1.54) is 0 Å². The first kappa shape index (κ1) is 29.3. The first-order valence-corrected chi connectivity index (χ1v) is 13.6. The lowest BCUT2D eigenvalue weighted by molar-refractivity contribution is -0.136. The van der Waals surface area contributed by atoms with Crippen molar-refractivity contribution in [2.45, 2.75) is 58.9 Å². The number of nitrogens with zero attached hydrogens (tertiary/aromatic N) is 1. The van der Waals surface area contributed by atoms with Gasteiger partial charge in [0.2, 0.25) is 15.9 Å². The smallest absolute Gasteiger partial charge is 0.309 e. The first-order valence-electron chi connectivity index (χ1n) is 11.7. The van der Waals surface area contributed by atoms with Gasteiger partial charge in [-0.1, -0.05) is 58.0 Å². The van der Waals surface area contributed by atoms with Crippen LogP contribution < -0.4 is 15.4 Å². The van der Waals surface area contributed by atoms with E-state index in [-0.39, 0.29) is 30.1 Å². The average Bonchev–Trinajstić information content (AvgIpc) is 3.23. The largest absolute Gasteiger partial charge is 0.431 e. The second-order valence-corrected chi connectivity index (χ2v) is 11.3. The molecule has 1 aromatic heterocycles. The minimum absolute atomic E-state index is 0.0290. The van der Waals surface area contributed by atoms with E-state index >= 15 is 0 Å². The molecule has 0 saturated heterocycles. The molecule has 0 aliphatic carbocycles. The van der Waals surface area contributed by atoms with Gasteiger partial charge >= 0.3 is 6.01 Å². The Kier molecular flexibility index (Phi) is 10.4. The molecule has 0 spiro atoms. The van der Waals surface area contributed by atoms with Gasteiger partial charge in [-0.2, -0.15) is 4.98 Å². The van der Waals surface area contributed by atoms with Gasteiger partial charge < -0.3 is 25.3 Å². The van der Waals surface area contributed by atoms with Crippen LogP contribution in [0.2, 0.25) is 0 Å². The molecule has 36 heavy (non-hydrogen) atoms. The highest BCUT2D eigenvalue weighted by Gasteiger charge is 2.39. The molecule has 0 aliphatic heterocycles. The number of carbonyl (C=O) groups is 2. The number of sulfonamides is 1. The Hall–Kier alpha value is -2.96. The SMILES string of the molecule is CC(C)C[C@H](NC(=O)c1coc(NS(C)(=O)=O)n1)[C@@H](O)[C@H](O)[C@H](C(=O)NCc1ccccc1)C(C)C. The lowest BCUT2D eigenvalue weighted by atomic mass is 9.83. The van der Waals surface area contributed by atoms with Crippen molar-refractivity contribution >= 4 is 27.9 Å². The Bertz CT molecular complexity index is 1100. The van der Waals surface area contributed by atoms with Crippen LogP contribution in [0.15, 0.2) is 41.0 Å². The molecule has 0 radical (unpaired) electrons. The molecule has 1 heterocycles. The Morgan fingerprint density at radius 3 is 2.25 bits per heavy atom. The van der Waals surface area contributed by atoms with Crippen LogP contribution in [-0.4, -0.2) is 59.9 Å². The summed E-state index contributed by atoms with van der Waals surface area (Å²) < 4.78 is 29.7. The van der Waals surface area contributed by atoms with Gasteiger partial charge in [0.1, 0.15) is 12.4 Å². The van der Waals surface area contributed by atoms with Crippen molar-refractivity contribution in [3.8, 4) is 0 Å². The van der Waals surface area contributed by atoms with Gasteiger partial charge in [-0.05, 0) is 23.8 Å². The topological polar surface area (TPSA) is 171 Å². The summed E-state index contributed by atoms with van der Waals surface area (Å²) in [5.74, 6) is -2.36. The summed E-state index contributed by atoms with van der Waals surface area (Å²) in [5, 5.41) is 27.5. The van der Waals surface area contributed by atoms with Gasteiger partial charge in [0.15, 0.2) is 5.69 Å². The van der Waals surface area contributed by atoms with E-state index in [0.717, 1.165) is 18.1 Å². The molecule has 5 N–H and O–H groups in total. The third kappa shape index (κ3) is 8.92. The van der Waals surface area contributed by atoms with Crippen molar-refractivity contribution in [2.24, 2.45) is 17.8 Å². The zero-order valence-electron chi connectivity index (χ0n) is 21.1. The fraction of sp³-hybridized carbons (Fsp3) is 0.542. The van der Waals surface area contributed by atoms with Crippen LogP contribution in [0.5, 0.6) is 0 Å². The van der Waals surface area contributed by atoms with Crippen molar-refractivity contribution in [3.05, 3.63) is 47.9 Å². The van der Waals surface area contributed by atoms with E-state index < -0.39 is 46.0 Å². The number of benzene rings is 1. The molecule has 2 rings (SSSR count). The third-order valence-corrected chi connectivity index (χ3v) is 6.06. The summed E-state index contributed by atoms with van der Waals surface area (Å²) in [6.07, 6.45) is -0.746. The number of oxazole rings is 1. The van der Waals surface area contributed by atoms with Crippen molar-refractivity contribution in [1.29, 1.82) is 0 Å². The molecular weight excluding hydrogens is 488 g/mol. The fourth-order valence-corrected chi connectivity index (χ4v) is 4.23. The standard InChI is InChI=1S/C24H36N4O7S/c1-14(2)11-17(26-22(31)18-13-35-24(27-18)28-36(5,33)34)20(29)21(30)19(15(3)4)23(32)25-12-16-9-7-6-8-10-16/h6-10,13-15,17,19-21,29-30H,11-12H2,1-5H3,(H,25,32)(H,26,31)(H,27,28)/t17-,19+,20+,21+/m0/s1. The predicted octanol–water partition coefficient (Wildman–Crippen LogP) is 1.50. The van der Waals surface area contributed by atoms with Gasteiger partial charge in [-0.15, -0.1) is 0 Å². The Labute approximate surface area is 211 Å². The van der Waals surface area contributed by atoms with Gasteiger partial charge in [0.05, 0.1) is 24.3 Å². The summed E-state index contributed by atoms with van der Waals surface area (Å²) >= 11 is 0. The van der Waals surface area contributed by atoms with E-state index in [1.807, 2.05) is 48.9 Å². The molecule has 2 aromatic rings. The average molecular weight is 525 g/mol. The molecule has 12 heteroatoms. The molecule has 11 nitrogen and oxygen atoms in total. The minimum Gasteiger partial charge on any atom is -0.431 e. The number of aliphatic hydroxyl groups is 2. The summed E-state index contributed by atoms with van der Waals surface area (Å²) in [7, 11) is -3.65. The number of aromatic nitrogens is 1. The number of nitrogens with one attached hydrogen (secondary N) is 3. The van der Waals surface area contributed by atoms with Crippen LogP contribution in [-0.2, 0) is 21.4 Å². The highest BCUT2D eigenvalue weighted by molar-refractivity contribution is 7.91. The summed E-state index contributed by atoms with van der Waals surface area (Å²) in [4.78, 5) is 29.5. The van der Waals surface area contributed by atoms with Gasteiger partial charge in [0, 0.05) is 6.54 Å². The van der Waals surface area contributed by atoms with Crippen LogP contribution in [0.3, 0.4) is 0 Å². The number of amides is 2. The highest BCUT2D eigenvalue weighted by atomic mass is 32.2. The molecule has 0 fully saturated rings. The minimum atomic E-state index is -3.65. The highest BCUT2D eigenvalue weighted by Crippen LogP contribution is 2.23. The molecule has 0 bridgehead atoms. The lowest BCUT2D eigenvalue weighted by Gasteiger charge is -2.34. The van der Waals surface area contributed by atoms with E-state index in [4.69, 9.17) is 4.42 Å². The molecule has 1 aromatic carbocycles. The van der Waals surface area contributed by atoms with Crippen LogP contribution in [0.4, 0.5) is 6.01 Å². The zero-order chi connectivity index (χ0) is 27.0. The maximum Gasteiger partial charge on any atom is 0.309 e. The molecular formula is C24H36N4O7S. The van der Waals surface area contributed by atoms with Crippen LogP contribution >= 0.6 is 0 Å². The summed E-state index contributed by atoms with van der Waals surface area (Å²) in [6, 6.07) is 8.02. The molecule has 0 aliphatic rings. The molecule has 0 unspecified atom stereocenters. The van der Waals surface area contributed by atoms with Crippen molar-refractivity contribution in [1.82, 2.24) is 15.6 Å². The maximum absolute atomic E-state index is 13.0.